The van der Waals surface area contributed by atoms with Gasteiger partial charge in [-0.1, -0.05) is 64.7 Å². The molecule has 0 unspecified atom stereocenters. The van der Waals surface area contributed by atoms with Gasteiger partial charge in [0.25, 0.3) is 0 Å². The van der Waals surface area contributed by atoms with Crippen LogP contribution in [-0.2, 0) is 0 Å². The third kappa shape index (κ3) is 14.5. The van der Waals surface area contributed by atoms with Crippen LogP contribution in [0.15, 0.2) is 0 Å². The summed E-state index contributed by atoms with van der Waals surface area (Å²) in [7, 11) is 0. The zero-order valence-corrected chi connectivity index (χ0v) is 14.0. The first-order valence-corrected chi connectivity index (χ1v) is 8.86. The Balaban J connectivity index is 3.41. The molecular formula is C17H37NO3. The van der Waals surface area contributed by atoms with Gasteiger partial charge in [-0.3, -0.25) is 4.90 Å². The van der Waals surface area contributed by atoms with E-state index < -0.39 is 6.10 Å². The normalized spacial score (nSPS) is 13.0. The van der Waals surface area contributed by atoms with Crippen LogP contribution in [-0.4, -0.2) is 59.2 Å². The van der Waals surface area contributed by atoms with E-state index in [1.54, 1.807) is 0 Å². The van der Waals surface area contributed by atoms with Crippen molar-refractivity contribution in [2.45, 2.75) is 77.2 Å². The van der Waals surface area contributed by atoms with Crippen molar-refractivity contribution in [1.82, 2.24) is 4.90 Å². The topological polar surface area (TPSA) is 63.9 Å². The first kappa shape index (κ1) is 20.8. The Morgan fingerprint density at radius 3 is 1.76 bits per heavy atom. The highest BCUT2D eigenvalue weighted by Crippen LogP contribution is 2.10. The van der Waals surface area contributed by atoms with Crippen LogP contribution in [0, 0.1) is 0 Å². The maximum atomic E-state index is 9.44. The first-order valence-electron chi connectivity index (χ1n) is 8.86. The van der Waals surface area contributed by atoms with Crippen LogP contribution in [0.1, 0.15) is 71.1 Å². The Hall–Kier alpha value is -0.160. The summed E-state index contributed by atoms with van der Waals surface area (Å²) in [6.07, 6.45) is 12.4. The Bertz CT molecular complexity index is 202. The summed E-state index contributed by atoms with van der Waals surface area (Å²) in [5.74, 6) is 0. The van der Waals surface area contributed by atoms with Gasteiger partial charge in [-0.15, -0.1) is 0 Å². The second-order valence-corrected chi connectivity index (χ2v) is 6.04. The van der Waals surface area contributed by atoms with Crippen molar-refractivity contribution in [2.75, 3.05) is 32.8 Å². The Kier molecular flexibility index (Phi) is 16.1. The Morgan fingerprint density at radius 2 is 1.29 bits per heavy atom. The number of rotatable bonds is 16. The van der Waals surface area contributed by atoms with E-state index in [0.717, 1.165) is 13.0 Å². The van der Waals surface area contributed by atoms with Gasteiger partial charge in [-0.2, -0.15) is 0 Å². The minimum absolute atomic E-state index is 0.107. The van der Waals surface area contributed by atoms with Gasteiger partial charge in [0.15, 0.2) is 0 Å². The second kappa shape index (κ2) is 16.2. The van der Waals surface area contributed by atoms with Gasteiger partial charge in [0.1, 0.15) is 0 Å². The van der Waals surface area contributed by atoms with Gasteiger partial charge in [-0.05, 0) is 13.0 Å². The Morgan fingerprint density at radius 1 is 0.762 bits per heavy atom. The molecule has 0 bridgehead atoms. The molecule has 0 rings (SSSR count). The van der Waals surface area contributed by atoms with E-state index in [2.05, 4.69) is 6.92 Å². The molecule has 0 aliphatic carbocycles. The SMILES string of the molecule is CCCCCCCCCCCCN(CCO)C[C@H](O)CO. The van der Waals surface area contributed by atoms with E-state index in [0.29, 0.717) is 13.1 Å². The predicted octanol–water partition coefficient (Wildman–Crippen LogP) is 2.55. The lowest BCUT2D eigenvalue weighted by molar-refractivity contribution is 0.0530. The van der Waals surface area contributed by atoms with Crippen molar-refractivity contribution in [3.8, 4) is 0 Å². The van der Waals surface area contributed by atoms with Crippen molar-refractivity contribution in [2.24, 2.45) is 0 Å². The first-order chi connectivity index (χ1) is 10.2. The Labute approximate surface area is 131 Å². The zero-order chi connectivity index (χ0) is 15.8. The molecule has 4 nitrogen and oxygen atoms in total. The van der Waals surface area contributed by atoms with Crippen LogP contribution in [0.25, 0.3) is 0 Å². The highest BCUT2D eigenvalue weighted by molar-refractivity contribution is 4.63. The van der Waals surface area contributed by atoms with E-state index >= 15 is 0 Å². The zero-order valence-electron chi connectivity index (χ0n) is 14.0. The third-order valence-corrected chi connectivity index (χ3v) is 3.92. The lowest BCUT2D eigenvalue weighted by Crippen LogP contribution is -2.36. The lowest BCUT2D eigenvalue weighted by Gasteiger charge is -2.23. The minimum atomic E-state index is -0.695. The van der Waals surface area contributed by atoms with Crippen molar-refractivity contribution in [1.29, 1.82) is 0 Å². The number of hydrogen-bond acceptors (Lipinski definition) is 4. The van der Waals surface area contributed by atoms with Crippen LogP contribution in [0.5, 0.6) is 0 Å². The van der Waals surface area contributed by atoms with E-state index in [1.165, 1.54) is 57.8 Å². The fraction of sp³-hybridized carbons (Fsp3) is 1.00. The molecule has 0 aromatic carbocycles. The predicted molar refractivity (Wildman–Crippen MR) is 88.5 cm³/mol. The summed E-state index contributed by atoms with van der Waals surface area (Å²) in [6, 6.07) is 0. The molecule has 0 amide bonds. The molecule has 3 N–H and O–H groups in total. The molecule has 128 valence electrons. The molecule has 1 atom stereocenters. The maximum absolute atomic E-state index is 9.44. The number of aliphatic hydroxyl groups is 3. The molecule has 0 aromatic rings. The van der Waals surface area contributed by atoms with E-state index in [1.807, 2.05) is 4.90 Å². The molecule has 0 aliphatic rings. The molecule has 0 aromatic heterocycles. The second-order valence-electron chi connectivity index (χ2n) is 6.04. The molecule has 0 spiro atoms. The standard InChI is InChI=1S/C17H37NO3/c1-2-3-4-5-6-7-8-9-10-11-12-18(13-14-19)15-17(21)16-20/h17,19-21H,2-16H2,1H3/t17-/m0/s1. The molecule has 0 saturated carbocycles. The van der Waals surface area contributed by atoms with Crippen molar-refractivity contribution < 1.29 is 15.3 Å². The van der Waals surface area contributed by atoms with Crippen LogP contribution >= 0.6 is 0 Å². The highest BCUT2D eigenvalue weighted by atomic mass is 16.3. The molecule has 0 fully saturated rings. The van der Waals surface area contributed by atoms with Crippen LogP contribution in [0.3, 0.4) is 0 Å². The van der Waals surface area contributed by atoms with Gasteiger partial charge in [0, 0.05) is 13.1 Å². The minimum Gasteiger partial charge on any atom is -0.395 e. The summed E-state index contributed by atoms with van der Waals surface area (Å²) in [5.41, 5.74) is 0. The average Bonchev–Trinajstić information content (AvgIpc) is 2.49. The van der Waals surface area contributed by atoms with Crippen molar-refractivity contribution in [3.05, 3.63) is 0 Å². The molecule has 0 heterocycles. The summed E-state index contributed by atoms with van der Waals surface area (Å²) < 4.78 is 0. The molecule has 4 heteroatoms. The van der Waals surface area contributed by atoms with Crippen LogP contribution in [0.2, 0.25) is 0 Å². The average molecular weight is 303 g/mol. The van der Waals surface area contributed by atoms with Gasteiger partial charge >= 0.3 is 0 Å². The number of unbranched alkanes of at least 4 members (excludes halogenated alkanes) is 9. The van der Waals surface area contributed by atoms with Crippen molar-refractivity contribution >= 4 is 0 Å². The van der Waals surface area contributed by atoms with Gasteiger partial charge in [-0.25, -0.2) is 0 Å². The summed E-state index contributed by atoms with van der Waals surface area (Å²) in [6.45, 7) is 4.08. The smallest absolute Gasteiger partial charge is 0.0897 e. The third-order valence-electron chi connectivity index (χ3n) is 3.92. The lowest BCUT2D eigenvalue weighted by atomic mass is 10.1. The van der Waals surface area contributed by atoms with Gasteiger partial charge in [0.2, 0.25) is 0 Å². The molecular weight excluding hydrogens is 266 g/mol. The maximum Gasteiger partial charge on any atom is 0.0897 e. The van der Waals surface area contributed by atoms with Crippen LogP contribution < -0.4 is 0 Å². The van der Waals surface area contributed by atoms with Gasteiger partial charge in [0.05, 0.1) is 19.3 Å². The molecule has 0 saturated heterocycles. The fourth-order valence-corrected chi connectivity index (χ4v) is 2.61. The number of hydrogen-bond donors (Lipinski definition) is 3. The largest absolute Gasteiger partial charge is 0.395 e. The summed E-state index contributed by atoms with van der Waals surface area (Å²) in [5, 5.41) is 27.3. The molecule has 0 aliphatic heterocycles. The van der Waals surface area contributed by atoms with Crippen LogP contribution in [0.4, 0.5) is 0 Å². The van der Waals surface area contributed by atoms with E-state index in [-0.39, 0.29) is 13.2 Å². The number of nitrogens with zero attached hydrogens (tertiary/aromatic N) is 1. The molecule has 21 heavy (non-hydrogen) atoms. The highest BCUT2D eigenvalue weighted by Gasteiger charge is 2.09. The van der Waals surface area contributed by atoms with Gasteiger partial charge < -0.3 is 15.3 Å². The molecule has 0 radical (unpaired) electrons. The van der Waals surface area contributed by atoms with Crippen molar-refractivity contribution in [3.63, 3.8) is 0 Å². The summed E-state index contributed by atoms with van der Waals surface area (Å²) in [4.78, 5) is 2.03. The monoisotopic (exact) mass is 303 g/mol. The number of aliphatic hydroxyl groups excluding tert-OH is 3. The fourth-order valence-electron chi connectivity index (χ4n) is 2.61. The summed E-state index contributed by atoms with van der Waals surface area (Å²) >= 11 is 0. The van der Waals surface area contributed by atoms with E-state index in [4.69, 9.17) is 10.2 Å². The quantitative estimate of drug-likeness (QED) is 0.383. The van der Waals surface area contributed by atoms with E-state index in [9.17, 15) is 5.11 Å².